The molecular formula is C16H14NO4-. The average Bonchev–Trinajstić information content (AvgIpc) is 3.08. The summed E-state index contributed by atoms with van der Waals surface area (Å²) in [6, 6.07) is 7.57. The van der Waals surface area contributed by atoms with Gasteiger partial charge in [0.1, 0.15) is 5.60 Å². The minimum atomic E-state index is -1.21. The van der Waals surface area contributed by atoms with Crippen LogP contribution in [0.15, 0.2) is 36.4 Å². The summed E-state index contributed by atoms with van der Waals surface area (Å²) in [4.78, 5) is 25.8. The van der Waals surface area contributed by atoms with Gasteiger partial charge in [-0.3, -0.25) is 4.79 Å². The van der Waals surface area contributed by atoms with Crippen LogP contribution in [-0.2, 0) is 14.3 Å². The van der Waals surface area contributed by atoms with Crippen molar-refractivity contribution in [2.45, 2.75) is 18.6 Å². The number of carbonyl (C=O) groups is 2. The fourth-order valence-electron chi connectivity index (χ4n) is 3.84. The first-order valence-corrected chi connectivity index (χ1v) is 6.98. The number of hydrogen-bond acceptors (Lipinski definition) is 4. The van der Waals surface area contributed by atoms with Crippen molar-refractivity contribution in [1.82, 2.24) is 0 Å². The fourth-order valence-corrected chi connectivity index (χ4v) is 3.84. The Balaban J connectivity index is 1.78. The zero-order valence-electron chi connectivity index (χ0n) is 11.5. The number of carboxylic acid groups (broad SMARTS) is 1. The number of aryl methyl sites for hydroxylation is 1. The fraction of sp³-hybridized carbons (Fsp3) is 0.375. The zero-order valence-corrected chi connectivity index (χ0v) is 11.5. The van der Waals surface area contributed by atoms with Crippen LogP contribution in [0.2, 0.25) is 0 Å². The lowest BCUT2D eigenvalue weighted by Gasteiger charge is -2.24. The second kappa shape index (κ2) is 3.95. The van der Waals surface area contributed by atoms with Gasteiger partial charge >= 0.3 is 0 Å². The zero-order chi connectivity index (χ0) is 14.8. The van der Waals surface area contributed by atoms with E-state index in [1.54, 1.807) is 11.0 Å². The quantitative estimate of drug-likeness (QED) is 0.719. The Labute approximate surface area is 121 Å². The number of rotatable bonds is 2. The molecule has 3 aliphatic heterocycles. The topological polar surface area (TPSA) is 69.7 Å². The number of carbonyl (C=O) groups excluding carboxylic acids is 2. The molecule has 3 heterocycles. The molecule has 108 valence electrons. The van der Waals surface area contributed by atoms with Crippen LogP contribution in [0, 0.1) is 18.8 Å². The second-order valence-corrected chi connectivity index (χ2v) is 5.93. The molecule has 4 atom stereocenters. The molecule has 0 radical (unpaired) electrons. The van der Waals surface area contributed by atoms with Crippen molar-refractivity contribution in [2.24, 2.45) is 11.8 Å². The molecule has 3 aliphatic rings. The summed E-state index contributed by atoms with van der Waals surface area (Å²) in [7, 11) is 0. The van der Waals surface area contributed by atoms with E-state index in [0.29, 0.717) is 6.54 Å². The molecule has 2 fully saturated rings. The maximum absolute atomic E-state index is 12.8. The second-order valence-electron chi connectivity index (χ2n) is 5.93. The summed E-state index contributed by atoms with van der Waals surface area (Å²) in [6.07, 6.45) is 3.05. The molecule has 2 saturated heterocycles. The first-order valence-electron chi connectivity index (χ1n) is 6.98. The maximum atomic E-state index is 12.8. The van der Waals surface area contributed by atoms with Crippen molar-refractivity contribution in [3.8, 4) is 0 Å². The van der Waals surface area contributed by atoms with Crippen LogP contribution < -0.4 is 10.0 Å². The number of fused-ring (bicyclic) bond motifs is 1. The predicted octanol–water partition coefficient (Wildman–Crippen LogP) is 0.0313. The van der Waals surface area contributed by atoms with E-state index in [2.05, 4.69) is 0 Å². The number of nitrogens with zero attached hydrogens (tertiary/aromatic N) is 1. The number of hydrogen-bond donors (Lipinski definition) is 0. The van der Waals surface area contributed by atoms with Crippen LogP contribution in [0.3, 0.4) is 0 Å². The van der Waals surface area contributed by atoms with E-state index >= 15 is 0 Å². The van der Waals surface area contributed by atoms with Crippen LogP contribution in [0.5, 0.6) is 0 Å². The van der Waals surface area contributed by atoms with E-state index in [1.165, 1.54) is 0 Å². The monoisotopic (exact) mass is 284 g/mol. The number of ether oxygens (including phenoxy) is 1. The van der Waals surface area contributed by atoms with Crippen LogP contribution >= 0.6 is 0 Å². The van der Waals surface area contributed by atoms with Gasteiger partial charge in [-0.1, -0.05) is 30.4 Å². The number of para-hydroxylation sites is 1. The molecule has 5 heteroatoms. The summed E-state index contributed by atoms with van der Waals surface area (Å²) in [5, 5.41) is 11.4. The Bertz CT molecular complexity index is 683. The molecule has 2 bridgehead atoms. The molecule has 5 nitrogen and oxygen atoms in total. The average molecular weight is 284 g/mol. The number of anilines is 1. The van der Waals surface area contributed by atoms with Gasteiger partial charge in [0.15, 0.2) is 0 Å². The van der Waals surface area contributed by atoms with Crippen molar-refractivity contribution < 1.29 is 19.4 Å². The first-order chi connectivity index (χ1) is 10.0. The summed E-state index contributed by atoms with van der Waals surface area (Å²) < 4.78 is 5.83. The largest absolute Gasteiger partial charge is 0.550 e. The van der Waals surface area contributed by atoms with Gasteiger partial charge in [-0.15, -0.1) is 0 Å². The molecule has 1 amide bonds. The number of aliphatic carboxylic acids is 1. The van der Waals surface area contributed by atoms with Gasteiger partial charge in [-0.25, -0.2) is 0 Å². The smallest absolute Gasteiger partial charge is 0.234 e. The number of benzene rings is 1. The van der Waals surface area contributed by atoms with Gasteiger partial charge in [-0.05, 0) is 18.6 Å². The third-order valence-electron chi connectivity index (χ3n) is 4.78. The molecule has 0 saturated carbocycles. The highest BCUT2D eigenvalue weighted by molar-refractivity contribution is 6.02. The van der Waals surface area contributed by atoms with Gasteiger partial charge in [0.2, 0.25) is 5.91 Å². The molecule has 1 spiro atoms. The molecule has 0 aliphatic carbocycles. The minimum absolute atomic E-state index is 0.189. The number of carboxylic acids is 1. The van der Waals surface area contributed by atoms with Crippen LogP contribution in [0.1, 0.15) is 5.56 Å². The van der Waals surface area contributed by atoms with E-state index < -0.39 is 29.5 Å². The molecule has 1 aromatic carbocycles. The lowest BCUT2D eigenvalue weighted by atomic mass is 9.77. The SMILES string of the molecule is Cc1ccccc1N1C[C@@]23C=C[C@@H](O2)[C@H](C(=O)[O-])[C@@H]3C1=O. The lowest BCUT2D eigenvalue weighted by molar-refractivity contribution is -0.313. The standard InChI is InChI=1S/C16H15NO4/c1-9-4-2-3-5-10(9)17-8-16-7-6-11(21-16)12(15(19)20)13(16)14(17)18/h2-7,11-13H,8H2,1H3,(H,19,20)/p-1/t11-,12+,13-,16-/m1/s1. The first kappa shape index (κ1) is 12.6. The summed E-state index contributed by atoms with van der Waals surface area (Å²) in [6.45, 7) is 2.29. The van der Waals surface area contributed by atoms with Crippen molar-refractivity contribution in [1.29, 1.82) is 0 Å². The van der Waals surface area contributed by atoms with Crippen LogP contribution in [0.4, 0.5) is 5.69 Å². The van der Waals surface area contributed by atoms with Gasteiger partial charge in [0.05, 0.1) is 18.6 Å². The Hall–Kier alpha value is -2.14. The summed E-state index contributed by atoms with van der Waals surface area (Å²) >= 11 is 0. The predicted molar refractivity (Wildman–Crippen MR) is 72.3 cm³/mol. The van der Waals surface area contributed by atoms with Crippen molar-refractivity contribution in [3.63, 3.8) is 0 Å². The maximum Gasteiger partial charge on any atom is 0.234 e. The highest BCUT2D eigenvalue weighted by atomic mass is 16.5. The molecule has 21 heavy (non-hydrogen) atoms. The highest BCUT2D eigenvalue weighted by Crippen LogP contribution is 2.52. The van der Waals surface area contributed by atoms with Gasteiger partial charge in [-0.2, -0.15) is 0 Å². The molecule has 0 unspecified atom stereocenters. The molecular weight excluding hydrogens is 270 g/mol. The molecule has 0 N–H and O–H groups in total. The van der Waals surface area contributed by atoms with Crippen molar-refractivity contribution in [3.05, 3.63) is 42.0 Å². The number of amides is 1. The van der Waals surface area contributed by atoms with Gasteiger partial charge in [0, 0.05) is 17.6 Å². The van der Waals surface area contributed by atoms with E-state index in [-0.39, 0.29) is 5.91 Å². The third-order valence-corrected chi connectivity index (χ3v) is 4.78. The Morgan fingerprint density at radius 1 is 1.43 bits per heavy atom. The Morgan fingerprint density at radius 2 is 2.19 bits per heavy atom. The van der Waals surface area contributed by atoms with E-state index in [1.807, 2.05) is 37.3 Å². The van der Waals surface area contributed by atoms with Crippen molar-refractivity contribution in [2.75, 3.05) is 11.4 Å². The van der Waals surface area contributed by atoms with E-state index in [0.717, 1.165) is 11.3 Å². The Kier molecular flexibility index (Phi) is 2.37. The molecule has 0 aromatic heterocycles. The Morgan fingerprint density at radius 3 is 2.90 bits per heavy atom. The highest BCUT2D eigenvalue weighted by Gasteiger charge is 2.65. The van der Waals surface area contributed by atoms with E-state index in [9.17, 15) is 14.7 Å². The lowest BCUT2D eigenvalue weighted by Crippen LogP contribution is -2.45. The van der Waals surface area contributed by atoms with E-state index in [4.69, 9.17) is 4.74 Å². The normalized spacial score (nSPS) is 36.3. The summed E-state index contributed by atoms with van der Waals surface area (Å²) in [5.74, 6) is -2.98. The summed E-state index contributed by atoms with van der Waals surface area (Å²) in [5.41, 5.74) is 0.976. The van der Waals surface area contributed by atoms with Gasteiger partial charge in [0.25, 0.3) is 0 Å². The minimum Gasteiger partial charge on any atom is -0.550 e. The third kappa shape index (κ3) is 1.49. The molecule has 4 rings (SSSR count). The van der Waals surface area contributed by atoms with Crippen LogP contribution in [0.25, 0.3) is 0 Å². The van der Waals surface area contributed by atoms with Crippen LogP contribution in [-0.4, -0.2) is 30.1 Å². The van der Waals surface area contributed by atoms with Gasteiger partial charge < -0.3 is 19.5 Å². The molecule has 1 aromatic rings. The van der Waals surface area contributed by atoms with Crippen molar-refractivity contribution >= 4 is 17.6 Å².